The molecule has 2 amide bonds. The highest BCUT2D eigenvalue weighted by Crippen LogP contribution is 2.27. The normalized spacial score (nSPS) is 17.1. The van der Waals surface area contributed by atoms with Crippen LogP contribution in [0.4, 0.5) is 4.79 Å². The van der Waals surface area contributed by atoms with Crippen LogP contribution in [-0.4, -0.2) is 83.0 Å². The van der Waals surface area contributed by atoms with Gasteiger partial charge >= 0.3 is 6.09 Å². The Balaban J connectivity index is 2.13. The summed E-state index contributed by atoms with van der Waals surface area (Å²) in [6.45, 7) is 10.1. The SMILES string of the molecule is CCC(CC)c1nc(CC2C(=O)N(C)CCN2C(=O)OC(C)(C)C)n(-c2ccccc2S(C)(=O)=O)n1. The Kier molecular flexibility index (Phi) is 8.12. The van der Waals surface area contributed by atoms with Crippen molar-refractivity contribution < 1.29 is 22.7 Å². The van der Waals surface area contributed by atoms with E-state index in [2.05, 4.69) is 0 Å². The van der Waals surface area contributed by atoms with Crippen LogP contribution in [0.1, 0.15) is 65.0 Å². The molecule has 1 aromatic carbocycles. The fraction of sp³-hybridized carbons (Fsp3) is 0.600. The van der Waals surface area contributed by atoms with Gasteiger partial charge in [-0.25, -0.2) is 22.9 Å². The standard InChI is InChI=1S/C25H37N5O5S/c1-8-17(9-2)22-26-21(30(27-22)18-12-10-11-13-20(18)36(7,33)34)16-19-23(31)28(6)14-15-29(19)24(32)35-25(3,4)5/h10-13,17,19H,8-9,14-16H2,1-7H3. The Morgan fingerprint density at radius 1 is 1.17 bits per heavy atom. The summed E-state index contributed by atoms with van der Waals surface area (Å²) in [5, 5.41) is 4.72. The minimum atomic E-state index is -3.57. The lowest BCUT2D eigenvalue weighted by atomic mass is 10.0. The average molecular weight is 520 g/mol. The Labute approximate surface area is 213 Å². The number of ether oxygens (including phenoxy) is 1. The van der Waals surface area contributed by atoms with Crippen molar-refractivity contribution >= 4 is 21.8 Å². The monoisotopic (exact) mass is 519 g/mol. The van der Waals surface area contributed by atoms with Crippen LogP contribution in [-0.2, 0) is 25.8 Å². The molecule has 198 valence electrons. The second-order valence-corrected chi connectivity index (χ2v) is 12.2. The highest BCUT2D eigenvalue weighted by atomic mass is 32.2. The van der Waals surface area contributed by atoms with Gasteiger partial charge in [-0.1, -0.05) is 26.0 Å². The van der Waals surface area contributed by atoms with E-state index in [1.165, 1.54) is 15.6 Å². The highest BCUT2D eigenvalue weighted by Gasteiger charge is 2.39. The van der Waals surface area contributed by atoms with Crippen LogP contribution in [0.3, 0.4) is 0 Å². The van der Waals surface area contributed by atoms with Gasteiger partial charge in [-0.2, -0.15) is 5.10 Å². The third kappa shape index (κ3) is 6.05. The summed E-state index contributed by atoms with van der Waals surface area (Å²) >= 11 is 0. The molecule has 0 spiro atoms. The number of para-hydroxylation sites is 1. The predicted octanol–water partition coefficient (Wildman–Crippen LogP) is 3.19. The molecule has 1 aliphatic rings. The van der Waals surface area contributed by atoms with Crippen molar-refractivity contribution in [3.05, 3.63) is 35.9 Å². The van der Waals surface area contributed by atoms with E-state index in [1.54, 1.807) is 50.9 Å². The Bertz CT molecular complexity index is 1210. The van der Waals surface area contributed by atoms with Gasteiger partial charge in [-0.3, -0.25) is 9.69 Å². The average Bonchev–Trinajstić information content (AvgIpc) is 3.19. The van der Waals surface area contributed by atoms with E-state index in [0.717, 1.165) is 19.1 Å². The van der Waals surface area contributed by atoms with Crippen molar-refractivity contribution in [2.45, 2.75) is 76.3 Å². The van der Waals surface area contributed by atoms with Crippen LogP contribution in [0.5, 0.6) is 0 Å². The molecule has 3 rings (SSSR count). The van der Waals surface area contributed by atoms with Crippen molar-refractivity contribution in [1.29, 1.82) is 0 Å². The Morgan fingerprint density at radius 2 is 1.81 bits per heavy atom. The molecule has 0 N–H and O–H groups in total. The van der Waals surface area contributed by atoms with E-state index >= 15 is 0 Å². The molecule has 1 saturated heterocycles. The quantitative estimate of drug-likeness (QED) is 0.552. The van der Waals surface area contributed by atoms with Crippen LogP contribution in [0.25, 0.3) is 5.69 Å². The third-order valence-electron chi connectivity index (χ3n) is 6.25. The van der Waals surface area contributed by atoms with Gasteiger partial charge in [-0.05, 0) is 45.7 Å². The zero-order chi connectivity index (χ0) is 26.8. The molecule has 1 aliphatic heterocycles. The summed E-state index contributed by atoms with van der Waals surface area (Å²) in [7, 11) is -1.87. The summed E-state index contributed by atoms with van der Waals surface area (Å²) in [4.78, 5) is 34.2. The summed E-state index contributed by atoms with van der Waals surface area (Å²) in [6.07, 6.45) is 2.25. The van der Waals surface area contributed by atoms with E-state index < -0.39 is 27.6 Å². The number of benzene rings is 1. The van der Waals surface area contributed by atoms with Gasteiger partial charge in [0.05, 0.1) is 10.6 Å². The summed E-state index contributed by atoms with van der Waals surface area (Å²) in [5.41, 5.74) is -0.356. The number of rotatable bonds is 7. The maximum atomic E-state index is 13.3. The molecule has 1 atom stereocenters. The van der Waals surface area contributed by atoms with Gasteiger partial charge in [0.25, 0.3) is 0 Å². The van der Waals surface area contributed by atoms with E-state index in [4.69, 9.17) is 14.8 Å². The topological polar surface area (TPSA) is 115 Å². The van der Waals surface area contributed by atoms with Crippen molar-refractivity contribution in [2.75, 3.05) is 26.4 Å². The van der Waals surface area contributed by atoms with Crippen molar-refractivity contribution in [3.63, 3.8) is 0 Å². The summed E-state index contributed by atoms with van der Waals surface area (Å²) in [5.74, 6) is 0.832. The second-order valence-electron chi connectivity index (χ2n) is 10.2. The lowest BCUT2D eigenvalue weighted by Crippen LogP contribution is -2.59. The fourth-order valence-corrected chi connectivity index (χ4v) is 5.14. The summed E-state index contributed by atoms with van der Waals surface area (Å²) in [6, 6.07) is 5.73. The molecule has 0 aliphatic carbocycles. The number of sulfone groups is 1. The number of carbonyl (C=O) groups excluding carboxylic acids is 2. The molecule has 36 heavy (non-hydrogen) atoms. The van der Waals surface area contributed by atoms with Gasteiger partial charge in [0.1, 0.15) is 17.5 Å². The molecule has 11 heteroatoms. The van der Waals surface area contributed by atoms with Crippen molar-refractivity contribution in [2.24, 2.45) is 0 Å². The lowest BCUT2D eigenvalue weighted by Gasteiger charge is -2.39. The zero-order valence-corrected chi connectivity index (χ0v) is 23.0. The maximum absolute atomic E-state index is 13.3. The van der Waals surface area contributed by atoms with Gasteiger partial charge in [0.15, 0.2) is 15.7 Å². The summed E-state index contributed by atoms with van der Waals surface area (Å²) < 4.78 is 32.2. The first kappa shape index (κ1) is 27.6. The van der Waals surface area contributed by atoms with Crippen molar-refractivity contribution in [1.82, 2.24) is 24.6 Å². The molecule has 0 radical (unpaired) electrons. The molecule has 10 nitrogen and oxygen atoms in total. The van der Waals surface area contributed by atoms with Crippen LogP contribution < -0.4 is 0 Å². The maximum Gasteiger partial charge on any atom is 0.411 e. The molecule has 2 heterocycles. The third-order valence-corrected chi connectivity index (χ3v) is 7.40. The van der Waals surface area contributed by atoms with Gasteiger partial charge in [0.2, 0.25) is 5.91 Å². The number of hydrogen-bond acceptors (Lipinski definition) is 7. The van der Waals surface area contributed by atoms with Gasteiger partial charge < -0.3 is 9.64 Å². The lowest BCUT2D eigenvalue weighted by molar-refractivity contribution is -0.139. The minimum Gasteiger partial charge on any atom is -0.444 e. The number of carbonyl (C=O) groups is 2. The Morgan fingerprint density at radius 3 is 2.39 bits per heavy atom. The van der Waals surface area contributed by atoms with E-state index in [-0.39, 0.29) is 23.1 Å². The second kappa shape index (κ2) is 10.6. The van der Waals surface area contributed by atoms with Crippen LogP contribution in [0.2, 0.25) is 0 Å². The first-order chi connectivity index (χ1) is 16.8. The highest BCUT2D eigenvalue weighted by molar-refractivity contribution is 7.90. The number of amides is 2. The number of piperazine rings is 1. The molecule has 1 fully saturated rings. The van der Waals surface area contributed by atoms with Crippen LogP contribution in [0.15, 0.2) is 29.2 Å². The number of nitrogens with zero attached hydrogens (tertiary/aromatic N) is 5. The smallest absolute Gasteiger partial charge is 0.411 e. The Hall–Kier alpha value is -2.95. The van der Waals surface area contributed by atoms with Crippen molar-refractivity contribution in [3.8, 4) is 5.69 Å². The minimum absolute atomic E-state index is 0.0632. The fourth-order valence-electron chi connectivity index (χ4n) is 4.28. The first-order valence-corrected chi connectivity index (χ1v) is 14.2. The molecule has 1 unspecified atom stereocenters. The number of aromatic nitrogens is 3. The largest absolute Gasteiger partial charge is 0.444 e. The molecule has 1 aromatic heterocycles. The van der Waals surface area contributed by atoms with E-state index in [1.807, 2.05) is 13.8 Å². The van der Waals surface area contributed by atoms with Crippen LogP contribution >= 0.6 is 0 Å². The van der Waals surface area contributed by atoms with Crippen LogP contribution in [0, 0.1) is 0 Å². The zero-order valence-electron chi connectivity index (χ0n) is 22.2. The number of likely N-dealkylation sites (N-methyl/N-ethyl adjacent to an activating group) is 1. The molecule has 0 bridgehead atoms. The van der Waals surface area contributed by atoms with Gasteiger partial charge in [-0.15, -0.1) is 0 Å². The van der Waals surface area contributed by atoms with E-state index in [0.29, 0.717) is 30.4 Å². The van der Waals surface area contributed by atoms with Gasteiger partial charge in [0, 0.05) is 38.7 Å². The van der Waals surface area contributed by atoms with E-state index in [9.17, 15) is 18.0 Å². The molecular formula is C25H37N5O5S. The molecule has 2 aromatic rings. The molecule has 0 saturated carbocycles. The predicted molar refractivity (Wildman–Crippen MR) is 136 cm³/mol. The molecular weight excluding hydrogens is 482 g/mol. The number of hydrogen-bond donors (Lipinski definition) is 0. The first-order valence-electron chi connectivity index (χ1n) is 12.3.